The Kier molecular flexibility index (Phi) is 7.12. The van der Waals surface area contributed by atoms with E-state index in [4.69, 9.17) is 18.9 Å². The summed E-state index contributed by atoms with van der Waals surface area (Å²) >= 11 is 0. The summed E-state index contributed by atoms with van der Waals surface area (Å²) in [4.78, 5) is 52.5. The average molecular weight is 637 g/mol. The van der Waals surface area contributed by atoms with E-state index in [1.165, 1.54) is 37.3 Å². The van der Waals surface area contributed by atoms with Gasteiger partial charge in [-0.15, -0.1) is 0 Å². The van der Waals surface area contributed by atoms with Gasteiger partial charge in [-0.1, -0.05) is 37.3 Å². The minimum absolute atomic E-state index is 0.0286. The van der Waals surface area contributed by atoms with Crippen molar-refractivity contribution in [2.75, 3.05) is 13.7 Å². The van der Waals surface area contributed by atoms with Gasteiger partial charge in [0.1, 0.15) is 12.2 Å². The Morgan fingerprint density at radius 2 is 1.76 bits per heavy atom. The van der Waals surface area contributed by atoms with Crippen molar-refractivity contribution in [2.45, 2.75) is 62.9 Å². The summed E-state index contributed by atoms with van der Waals surface area (Å²) in [5.74, 6) is -8.08. The predicted octanol–water partition coefficient (Wildman–Crippen LogP) is 1.63. The predicted molar refractivity (Wildman–Crippen MR) is 143 cm³/mol. The number of benzene rings is 1. The molecule has 10 atom stereocenters. The number of hydrogen-bond acceptors (Lipinski definition) is 11. The first-order valence-electron chi connectivity index (χ1n) is 14.3. The molecule has 2 saturated carbocycles. The summed E-state index contributed by atoms with van der Waals surface area (Å²) in [6.45, 7) is 2.79. The van der Waals surface area contributed by atoms with E-state index in [0.717, 1.165) is 7.11 Å². The second kappa shape index (κ2) is 10.2. The quantitative estimate of drug-likeness (QED) is 0.250. The number of ether oxygens (including phenoxy) is 4. The van der Waals surface area contributed by atoms with Crippen LogP contribution in [0.3, 0.4) is 0 Å². The molecule has 2 heterocycles. The fraction of sp³-hybridized carbons (Fsp3) is 0.548. The van der Waals surface area contributed by atoms with Crippen molar-refractivity contribution < 1.29 is 66.6 Å². The summed E-state index contributed by atoms with van der Waals surface area (Å²) in [5.41, 5.74) is -6.34. The number of aliphatic hydroxyl groups is 3. The van der Waals surface area contributed by atoms with E-state index in [1.807, 2.05) is 0 Å². The molecule has 4 fully saturated rings. The maximum Gasteiger partial charge on any atom is 0.417 e. The molecule has 6 rings (SSSR count). The van der Waals surface area contributed by atoms with Crippen LogP contribution in [0.25, 0.3) is 5.57 Å². The maximum atomic E-state index is 13.8. The Balaban J connectivity index is 1.42. The highest BCUT2D eigenvalue weighted by molar-refractivity contribution is 6.01. The van der Waals surface area contributed by atoms with E-state index < -0.39 is 106 Å². The average Bonchev–Trinajstić information content (AvgIpc) is 3.29. The first-order chi connectivity index (χ1) is 21.1. The summed E-state index contributed by atoms with van der Waals surface area (Å²) in [7, 11) is 1.03. The van der Waals surface area contributed by atoms with E-state index in [2.05, 4.69) is 0 Å². The number of allylic oxidation sites excluding steroid dienone is 3. The fourth-order valence-corrected chi connectivity index (χ4v) is 9.09. The number of carbonyl (C=O) groups excluding carboxylic acids is 4. The number of halogens is 3. The topological polar surface area (TPSA) is 166 Å². The monoisotopic (exact) mass is 636 g/mol. The Labute approximate surface area is 254 Å². The zero-order valence-electron chi connectivity index (χ0n) is 24.4. The third-order valence-electron chi connectivity index (χ3n) is 10.7. The number of Topliss-reactive ketones (excluding diaryl/α,β-unsaturated/α-hetero) is 1. The minimum Gasteiger partial charge on any atom is -0.467 e. The molecule has 2 saturated heterocycles. The molecule has 45 heavy (non-hydrogen) atoms. The molecule has 2 aliphatic heterocycles. The molecule has 10 unspecified atom stereocenters. The number of methoxy groups -OCH3 is 1. The van der Waals surface area contributed by atoms with Crippen LogP contribution < -0.4 is 0 Å². The molecule has 3 N–H and O–H groups in total. The molecular formula is C31H31F3O11. The summed E-state index contributed by atoms with van der Waals surface area (Å²) < 4.78 is 63.3. The SMILES string of the molecule is COC(=O)C12OCC34C(CC5C(C)=C(OC(=O)/C=C(/c6ccccc6)C(F)(F)F)C(=O)CC5(C)C3C(O)C1O)OC(=O)C(O)C24. The van der Waals surface area contributed by atoms with Gasteiger partial charge < -0.3 is 34.3 Å². The molecule has 0 amide bonds. The molecule has 1 aromatic carbocycles. The van der Waals surface area contributed by atoms with E-state index in [9.17, 15) is 47.7 Å². The summed E-state index contributed by atoms with van der Waals surface area (Å²) in [5, 5.41) is 34.1. The molecule has 1 spiro atoms. The Morgan fingerprint density at radius 1 is 1.09 bits per heavy atom. The molecule has 11 nitrogen and oxygen atoms in total. The van der Waals surface area contributed by atoms with E-state index >= 15 is 0 Å². The first-order valence-corrected chi connectivity index (χ1v) is 14.3. The number of alkyl halides is 3. The van der Waals surface area contributed by atoms with Gasteiger partial charge in [-0.2, -0.15) is 13.2 Å². The molecular weight excluding hydrogens is 605 g/mol. The third-order valence-corrected chi connectivity index (χ3v) is 10.7. The van der Waals surface area contributed by atoms with Gasteiger partial charge in [0.2, 0.25) is 0 Å². The van der Waals surface area contributed by atoms with Gasteiger partial charge in [-0.05, 0) is 35.8 Å². The van der Waals surface area contributed by atoms with E-state index in [-0.39, 0.29) is 30.2 Å². The molecule has 0 radical (unpaired) electrons. The van der Waals surface area contributed by atoms with Gasteiger partial charge in [-0.3, -0.25) is 4.79 Å². The van der Waals surface area contributed by atoms with Crippen molar-refractivity contribution in [1.82, 2.24) is 0 Å². The molecule has 242 valence electrons. The van der Waals surface area contributed by atoms with Crippen molar-refractivity contribution in [3.8, 4) is 0 Å². The number of hydrogen-bond donors (Lipinski definition) is 3. The van der Waals surface area contributed by atoms with Crippen molar-refractivity contribution in [2.24, 2.45) is 28.6 Å². The zero-order chi connectivity index (χ0) is 32.9. The van der Waals surface area contributed by atoms with Crippen LogP contribution >= 0.6 is 0 Å². The van der Waals surface area contributed by atoms with Crippen molar-refractivity contribution in [1.29, 1.82) is 0 Å². The zero-order valence-corrected chi connectivity index (χ0v) is 24.4. The van der Waals surface area contributed by atoms with Gasteiger partial charge in [0.25, 0.3) is 0 Å². The molecule has 1 aromatic rings. The smallest absolute Gasteiger partial charge is 0.417 e. The van der Waals surface area contributed by atoms with Crippen LogP contribution in [0.4, 0.5) is 13.2 Å². The van der Waals surface area contributed by atoms with Gasteiger partial charge in [0.05, 0.1) is 31.3 Å². The van der Waals surface area contributed by atoms with Gasteiger partial charge >= 0.3 is 24.1 Å². The summed E-state index contributed by atoms with van der Waals surface area (Å²) in [6.07, 6.45) is -11.8. The van der Waals surface area contributed by atoms with Gasteiger partial charge in [0, 0.05) is 23.8 Å². The van der Waals surface area contributed by atoms with Crippen molar-refractivity contribution >= 4 is 29.3 Å². The van der Waals surface area contributed by atoms with Crippen LogP contribution in [-0.4, -0.2) is 88.9 Å². The normalized spacial score (nSPS) is 40.7. The lowest BCUT2D eigenvalue weighted by atomic mass is 9.38. The van der Waals surface area contributed by atoms with Crippen LogP contribution in [0.5, 0.6) is 0 Å². The highest BCUT2D eigenvalue weighted by atomic mass is 19.4. The maximum absolute atomic E-state index is 13.8. The highest BCUT2D eigenvalue weighted by Crippen LogP contribution is 2.72. The lowest BCUT2D eigenvalue weighted by Crippen LogP contribution is -2.79. The Bertz CT molecular complexity index is 1540. The second-order valence-electron chi connectivity index (χ2n) is 12.7. The van der Waals surface area contributed by atoms with E-state index in [1.54, 1.807) is 6.92 Å². The van der Waals surface area contributed by atoms with Crippen LogP contribution in [0.1, 0.15) is 32.3 Å². The van der Waals surface area contributed by atoms with Gasteiger partial charge in [0.15, 0.2) is 23.2 Å². The molecule has 3 aliphatic carbocycles. The van der Waals surface area contributed by atoms with Crippen LogP contribution in [0.15, 0.2) is 47.7 Å². The number of carbonyl (C=O) groups is 4. The van der Waals surface area contributed by atoms with E-state index in [0.29, 0.717) is 0 Å². The second-order valence-corrected chi connectivity index (χ2v) is 12.7. The van der Waals surface area contributed by atoms with Crippen LogP contribution in [-0.2, 0) is 38.1 Å². The number of fused-ring (bicyclic) bond motifs is 2. The lowest BCUT2D eigenvalue weighted by Gasteiger charge is -2.67. The number of rotatable bonds is 4. The molecule has 0 aromatic heterocycles. The Morgan fingerprint density at radius 3 is 2.38 bits per heavy atom. The molecule has 5 aliphatic rings. The van der Waals surface area contributed by atoms with Gasteiger partial charge in [-0.25, -0.2) is 14.4 Å². The lowest BCUT2D eigenvalue weighted by molar-refractivity contribution is -0.289. The fourth-order valence-electron chi connectivity index (χ4n) is 9.09. The first kappa shape index (κ1) is 31.4. The number of aliphatic hydroxyl groups excluding tert-OH is 3. The summed E-state index contributed by atoms with van der Waals surface area (Å²) in [6, 6.07) is 6.60. The standard InChI is InChI=1S/C31H31F3O11/c1-13-15-9-18-29-12-43-30(27(41)42-3,24(29)21(38)26(40)44-18)25(39)20(37)23(29)28(15,2)11-17(35)22(13)45-19(36)10-16(31(32,33)34)14-7-5-4-6-8-14/h4-8,10,15,18,20-21,23-25,37-39H,9,11-12H2,1-3H3/b16-10-. The molecule has 14 heteroatoms. The van der Waals surface area contributed by atoms with Crippen LogP contribution in [0, 0.1) is 28.6 Å². The van der Waals surface area contributed by atoms with Crippen molar-refractivity contribution in [3.63, 3.8) is 0 Å². The van der Waals surface area contributed by atoms with Crippen molar-refractivity contribution in [3.05, 3.63) is 53.3 Å². The minimum atomic E-state index is -4.91. The third kappa shape index (κ3) is 4.11. The molecule has 2 bridgehead atoms. The largest absolute Gasteiger partial charge is 0.467 e. The number of esters is 3. The number of ketones is 1. The Hall–Kier alpha value is -3.59. The van der Waals surface area contributed by atoms with Crippen LogP contribution in [0.2, 0.25) is 0 Å². The highest BCUT2D eigenvalue weighted by Gasteiger charge is 2.84.